The number of sulfonamides is 1. The van der Waals surface area contributed by atoms with Gasteiger partial charge in [-0.15, -0.1) is 0 Å². The molecule has 0 aromatic heterocycles. The van der Waals surface area contributed by atoms with Crippen molar-refractivity contribution >= 4 is 21.8 Å². The topological polar surface area (TPSA) is 87.2 Å². The molecule has 2 heterocycles. The minimum Gasteiger partial charge on any atom is -0.383 e. The van der Waals surface area contributed by atoms with Gasteiger partial charge in [0, 0.05) is 46.9 Å². The van der Waals surface area contributed by atoms with Crippen molar-refractivity contribution in [3.8, 4) is 0 Å². The molecule has 0 bridgehead atoms. The van der Waals surface area contributed by atoms with Crippen LogP contribution in [0.25, 0.3) is 0 Å². The van der Waals surface area contributed by atoms with E-state index >= 15 is 0 Å². The monoisotopic (exact) mass is 451 g/mol. The molecule has 3 rings (SSSR count). The third kappa shape index (κ3) is 5.64. The fraction of sp³-hybridized carbons (Fsp3) is 0.636. The highest BCUT2D eigenvalue weighted by atomic mass is 32.2. The number of likely N-dealkylation sites (tertiary alicyclic amines) is 1. The van der Waals surface area contributed by atoms with Gasteiger partial charge in [0.2, 0.25) is 21.8 Å². The lowest BCUT2D eigenvalue weighted by Crippen LogP contribution is -2.51. The summed E-state index contributed by atoms with van der Waals surface area (Å²) in [6.07, 6.45) is 2.86. The average molecular weight is 452 g/mol. The number of nitrogens with zero attached hydrogens (tertiary/aromatic N) is 3. The summed E-state index contributed by atoms with van der Waals surface area (Å²) in [6, 6.07) is 8.35. The van der Waals surface area contributed by atoms with Gasteiger partial charge >= 0.3 is 0 Å². The fourth-order valence-electron chi connectivity index (χ4n) is 4.39. The second kappa shape index (κ2) is 10.6. The predicted octanol–water partition coefficient (Wildman–Crippen LogP) is 1.43. The molecule has 2 amide bonds. The van der Waals surface area contributed by atoms with Crippen molar-refractivity contribution < 1.29 is 22.7 Å². The number of methoxy groups -OCH3 is 1. The summed E-state index contributed by atoms with van der Waals surface area (Å²) in [7, 11) is -0.252. The first-order valence-electron chi connectivity index (χ1n) is 10.9. The number of carbonyl (C=O) groups is 2. The Balaban J connectivity index is 1.63. The largest absolute Gasteiger partial charge is 0.383 e. The Morgan fingerprint density at radius 2 is 1.74 bits per heavy atom. The van der Waals surface area contributed by atoms with Crippen LogP contribution in [0.1, 0.15) is 25.7 Å². The van der Waals surface area contributed by atoms with Crippen LogP contribution in [0.3, 0.4) is 0 Å². The number of hydrogen-bond donors (Lipinski definition) is 0. The van der Waals surface area contributed by atoms with Gasteiger partial charge in [-0.25, -0.2) is 8.42 Å². The van der Waals surface area contributed by atoms with Gasteiger partial charge in [0.05, 0.1) is 23.3 Å². The van der Waals surface area contributed by atoms with Crippen LogP contribution in [0.4, 0.5) is 0 Å². The van der Waals surface area contributed by atoms with Gasteiger partial charge in [-0.3, -0.25) is 9.59 Å². The van der Waals surface area contributed by atoms with Gasteiger partial charge in [0.25, 0.3) is 0 Å². The minimum atomic E-state index is -3.61. The molecule has 2 atom stereocenters. The van der Waals surface area contributed by atoms with E-state index in [-0.39, 0.29) is 35.1 Å². The number of hydrogen-bond acceptors (Lipinski definition) is 5. The molecule has 0 radical (unpaired) electrons. The molecule has 0 N–H and O–H groups in total. The molecule has 1 aromatic carbocycles. The zero-order valence-electron chi connectivity index (χ0n) is 18.4. The van der Waals surface area contributed by atoms with Crippen molar-refractivity contribution in [3.05, 3.63) is 30.3 Å². The molecule has 0 saturated carbocycles. The van der Waals surface area contributed by atoms with Gasteiger partial charge in [-0.05, 0) is 37.8 Å². The third-order valence-electron chi connectivity index (χ3n) is 6.20. The lowest BCUT2D eigenvalue weighted by Gasteiger charge is -2.38. The summed E-state index contributed by atoms with van der Waals surface area (Å²) < 4.78 is 32.4. The van der Waals surface area contributed by atoms with Crippen molar-refractivity contribution in [2.75, 3.05) is 53.5 Å². The second-order valence-electron chi connectivity index (χ2n) is 8.39. The van der Waals surface area contributed by atoms with Gasteiger partial charge in [-0.2, -0.15) is 4.31 Å². The summed E-state index contributed by atoms with van der Waals surface area (Å²) >= 11 is 0. The Kier molecular flexibility index (Phi) is 8.07. The Morgan fingerprint density at radius 3 is 2.45 bits per heavy atom. The number of ether oxygens (including phenoxy) is 1. The number of carbonyl (C=O) groups excluding carboxylic acids is 2. The summed E-state index contributed by atoms with van der Waals surface area (Å²) in [4.78, 5) is 29.6. The van der Waals surface area contributed by atoms with E-state index in [0.717, 1.165) is 12.8 Å². The first kappa shape index (κ1) is 23.7. The lowest BCUT2D eigenvalue weighted by molar-refractivity contribution is -0.143. The normalized spacial score (nSPS) is 22.8. The molecule has 9 heteroatoms. The third-order valence-corrected chi connectivity index (χ3v) is 8.08. The molecule has 2 aliphatic heterocycles. The van der Waals surface area contributed by atoms with E-state index in [9.17, 15) is 18.0 Å². The molecular formula is C22H33N3O5S. The first-order valence-corrected chi connectivity index (χ1v) is 12.4. The molecular weight excluding hydrogens is 418 g/mol. The van der Waals surface area contributed by atoms with E-state index in [0.29, 0.717) is 45.6 Å². The van der Waals surface area contributed by atoms with Crippen molar-refractivity contribution in [2.24, 2.45) is 11.8 Å². The van der Waals surface area contributed by atoms with Crippen LogP contribution in [0, 0.1) is 11.8 Å². The number of rotatable bonds is 7. The summed E-state index contributed by atoms with van der Waals surface area (Å²) in [5.74, 6) is -0.587. The van der Waals surface area contributed by atoms with Crippen LogP contribution in [0.15, 0.2) is 35.2 Å². The highest BCUT2D eigenvalue weighted by Gasteiger charge is 2.37. The van der Waals surface area contributed by atoms with Crippen LogP contribution in [0.5, 0.6) is 0 Å². The molecule has 0 aliphatic carbocycles. The van der Waals surface area contributed by atoms with Gasteiger partial charge in [0.15, 0.2) is 0 Å². The molecule has 0 spiro atoms. The van der Waals surface area contributed by atoms with E-state index in [1.165, 1.54) is 4.31 Å². The van der Waals surface area contributed by atoms with Crippen molar-refractivity contribution in [3.63, 3.8) is 0 Å². The van der Waals surface area contributed by atoms with Crippen molar-refractivity contribution in [1.82, 2.24) is 14.1 Å². The van der Waals surface area contributed by atoms with E-state index in [1.807, 2.05) is 0 Å². The first-order chi connectivity index (χ1) is 14.8. The second-order valence-corrected chi connectivity index (χ2v) is 10.3. The maximum Gasteiger partial charge on any atom is 0.243 e. The smallest absolute Gasteiger partial charge is 0.243 e. The minimum absolute atomic E-state index is 0.0338. The van der Waals surface area contributed by atoms with E-state index < -0.39 is 10.0 Å². The zero-order chi connectivity index (χ0) is 22.4. The Morgan fingerprint density at radius 1 is 1.06 bits per heavy atom. The number of piperidine rings is 2. The SMILES string of the molecule is COCCN(C)C(=O)[C@@H]1CCCN(C(=O)[C@H]2CCCN(S(=O)(=O)c3ccccc3)C2)C1. The zero-order valence-corrected chi connectivity index (χ0v) is 19.2. The molecule has 0 unspecified atom stereocenters. The maximum absolute atomic E-state index is 13.2. The van der Waals surface area contributed by atoms with Gasteiger partial charge < -0.3 is 14.5 Å². The maximum atomic E-state index is 13.2. The number of amides is 2. The molecule has 8 nitrogen and oxygen atoms in total. The van der Waals surface area contributed by atoms with Crippen molar-refractivity contribution in [2.45, 2.75) is 30.6 Å². The summed E-state index contributed by atoms with van der Waals surface area (Å²) in [5, 5.41) is 0. The highest BCUT2D eigenvalue weighted by Crippen LogP contribution is 2.27. The molecule has 1 aromatic rings. The van der Waals surface area contributed by atoms with Crippen LogP contribution in [-0.4, -0.2) is 87.8 Å². The Labute approximate surface area is 185 Å². The van der Waals surface area contributed by atoms with Gasteiger partial charge in [-0.1, -0.05) is 18.2 Å². The van der Waals surface area contributed by atoms with Crippen LogP contribution in [0.2, 0.25) is 0 Å². The molecule has 2 saturated heterocycles. The van der Waals surface area contributed by atoms with E-state index in [1.54, 1.807) is 54.3 Å². The summed E-state index contributed by atoms with van der Waals surface area (Å²) in [5.41, 5.74) is 0. The predicted molar refractivity (Wildman–Crippen MR) is 117 cm³/mol. The highest BCUT2D eigenvalue weighted by molar-refractivity contribution is 7.89. The Hall–Kier alpha value is -1.97. The standard InChI is InChI=1S/C22H33N3O5S/c1-23(14-15-30-2)21(26)18-8-6-12-24(16-18)22(27)19-9-7-13-25(17-19)31(28,29)20-10-4-3-5-11-20/h3-5,10-11,18-19H,6-9,12-17H2,1-2H3/t18-,19+/m1/s1. The Bertz CT molecular complexity index is 861. The molecule has 2 fully saturated rings. The quantitative estimate of drug-likeness (QED) is 0.626. The number of benzene rings is 1. The van der Waals surface area contributed by atoms with Gasteiger partial charge in [0.1, 0.15) is 0 Å². The van der Waals surface area contributed by atoms with Crippen molar-refractivity contribution in [1.29, 1.82) is 0 Å². The molecule has 31 heavy (non-hydrogen) atoms. The van der Waals surface area contributed by atoms with Crippen LogP contribution < -0.4 is 0 Å². The van der Waals surface area contributed by atoms with E-state index in [2.05, 4.69) is 0 Å². The molecule has 172 valence electrons. The molecule has 2 aliphatic rings. The lowest BCUT2D eigenvalue weighted by atomic mass is 9.93. The average Bonchev–Trinajstić information content (AvgIpc) is 2.82. The fourth-order valence-corrected chi connectivity index (χ4v) is 5.94. The van der Waals surface area contributed by atoms with E-state index in [4.69, 9.17) is 4.74 Å². The van der Waals surface area contributed by atoms with Crippen LogP contribution in [-0.2, 0) is 24.3 Å². The van der Waals surface area contributed by atoms with Crippen LogP contribution >= 0.6 is 0 Å². The number of likely N-dealkylation sites (N-methyl/N-ethyl adjacent to an activating group) is 1. The summed E-state index contributed by atoms with van der Waals surface area (Å²) in [6.45, 7) is 2.63.